The van der Waals surface area contributed by atoms with Gasteiger partial charge in [-0.2, -0.15) is 0 Å². The van der Waals surface area contributed by atoms with Crippen molar-refractivity contribution in [2.45, 2.75) is 18.0 Å². The second-order valence-corrected chi connectivity index (χ2v) is 5.71. The van der Waals surface area contributed by atoms with Crippen LogP contribution in [0.3, 0.4) is 0 Å². The first-order valence-electron chi connectivity index (χ1n) is 7.04. The van der Waals surface area contributed by atoms with Gasteiger partial charge >= 0.3 is 0 Å². The summed E-state index contributed by atoms with van der Waals surface area (Å²) in [5.74, 6) is 0. The molecule has 0 bridgehead atoms. The Morgan fingerprint density at radius 1 is 1.27 bits per heavy atom. The van der Waals surface area contributed by atoms with Crippen LogP contribution in [0.15, 0.2) is 46.5 Å². The zero-order chi connectivity index (χ0) is 15.5. The predicted octanol–water partition coefficient (Wildman–Crippen LogP) is 3.34. The van der Waals surface area contributed by atoms with E-state index in [4.69, 9.17) is 0 Å². The molecule has 0 aliphatic carbocycles. The van der Waals surface area contributed by atoms with Crippen LogP contribution in [0.1, 0.15) is 12.0 Å². The van der Waals surface area contributed by atoms with Crippen molar-refractivity contribution in [1.82, 2.24) is 14.5 Å². The van der Waals surface area contributed by atoms with Gasteiger partial charge in [-0.05, 0) is 42.9 Å². The Morgan fingerprint density at radius 3 is 2.73 bits per heavy atom. The zero-order valence-corrected chi connectivity index (χ0v) is 13.0. The van der Waals surface area contributed by atoms with Gasteiger partial charge in [0, 0.05) is 6.20 Å². The van der Waals surface area contributed by atoms with Crippen molar-refractivity contribution < 1.29 is 4.39 Å². The Morgan fingerprint density at radius 2 is 2.05 bits per heavy atom. The number of rotatable bonds is 5. The number of halogens is 1. The maximum Gasteiger partial charge on any atom is 0.268 e. The van der Waals surface area contributed by atoms with Gasteiger partial charge in [-0.15, -0.1) is 0 Å². The largest absolute Gasteiger partial charge is 0.346 e. The summed E-state index contributed by atoms with van der Waals surface area (Å²) in [7, 11) is 0. The van der Waals surface area contributed by atoms with Gasteiger partial charge in [0.05, 0.1) is 17.7 Å². The number of aromatic nitrogens is 3. The molecule has 0 aliphatic heterocycles. The third-order valence-electron chi connectivity index (χ3n) is 3.53. The Labute approximate surface area is 131 Å². The first-order valence-corrected chi connectivity index (χ1v) is 8.26. The van der Waals surface area contributed by atoms with E-state index in [1.165, 1.54) is 11.8 Å². The minimum Gasteiger partial charge on any atom is -0.346 e. The van der Waals surface area contributed by atoms with Gasteiger partial charge in [-0.25, -0.2) is 4.98 Å². The molecule has 114 valence electrons. The molecule has 0 saturated carbocycles. The number of fused-ring (bicyclic) bond motifs is 1. The molecule has 0 unspecified atom stereocenters. The third kappa shape index (κ3) is 2.66. The maximum absolute atomic E-state index is 12.7. The van der Waals surface area contributed by atoms with Gasteiger partial charge in [0.25, 0.3) is 5.56 Å². The van der Waals surface area contributed by atoms with Crippen LogP contribution < -0.4 is 5.56 Å². The number of hydrogen-bond donors (Lipinski definition) is 1. The summed E-state index contributed by atoms with van der Waals surface area (Å²) in [6, 6.07) is 9.37. The monoisotopic (exact) mass is 317 g/mol. The van der Waals surface area contributed by atoms with Gasteiger partial charge in [-0.1, -0.05) is 23.9 Å². The van der Waals surface area contributed by atoms with Gasteiger partial charge in [0.15, 0.2) is 5.16 Å². The third-order valence-corrected chi connectivity index (χ3v) is 4.17. The highest BCUT2D eigenvalue weighted by Gasteiger charge is 2.12. The molecule has 1 aromatic carbocycles. The molecule has 1 N–H and O–H groups in total. The molecule has 0 fully saturated rings. The first-order chi connectivity index (χ1) is 10.7. The van der Waals surface area contributed by atoms with Gasteiger partial charge < -0.3 is 4.98 Å². The lowest BCUT2D eigenvalue weighted by atomic mass is 10.1. The number of nitrogens with one attached hydrogen (secondary N) is 1. The van der Waals surface area contributed by atoms with E-state index in [1.54, 1.807) is 16.8 Å². The van der Waals surface area contributed by atoms with Crippen LogP contribution in [0.25, 0.3) is 16.7 Å². The highest BCUT2D eigenvalue weighted by atomic mass is 32.2. The minimum atomic E-state index is -0.314. The highest BCUT2D eigenvalue weighted by molar-refractivity contribution is 7.98. The fourth-order valence-corrected chi connectivity index (χ4v) is 2.98. The van der Waals surface area contributed by atoms with Crippen LogP contribution in [0.5, 0.6) is 0 Å². The fraction of sp³-hybridized carbons (Fsp3) is 0.250. The molecule has 2 heterocycles. The molecule has 0 spiro atoms. The summed E-state index contributed by atoms with van der Waals surface area (Å²) >= 11 is 1.42. The van der Waals surface area contributed by atoms with Crippen molar-refractivity contribution in [1.29, 1.82) is 0 Å². The lowest BCUT2D eigenvalue weighted by Gasteiger charge is -2.11. The highest BCUT2D eigenvalue weighted by Crippen LogP contribution is 2.19. The molecular formula is C16H16FN3OS. The Hall–Kier alpha value is -2.08. The quantitative estimate of drug-likeness (QED) is 0.580. The van der Waals surface area contributed by atoms with Gasteiger partial charge in [-0.3, -0.25) is 13.8 Å². The molecule has 3 aromatic rings. The number of hydrogen-bond acceptors (Lipinski definition) is 3. The van der Waals surface area contributed by atoms with E-state index in [-0.39, 0.29) is 12.2 Å². The van der Waals surface area contributed by atoms with Crippen molar-refractivity contribution in [2.75, 3.05) is 12.9 Å². The first kappa shape index (κ1) is 14.8. The van der Waals surface area contributed by atoms with E-state index in [9.17, 15) is 9.18 Å². The molecule has 22 heavy (non-hydrogen) atoms. The van der Waals surface area contributed by atoms with E-state index < -0.39 is 0 Å². The average molecular weight is 317 g/mol. The van der Waals surface area contributed by atoms with Crippen molar-refractivity contribution in [3.63, 3.8) is 0 Å². The summed E-state index contributed by atoms with van der Waals surface area (Å²) in [6.07, 6.45) is 4.83. The fourth-order valence-electron chi connectivity index (χ4n) is 2.43. The van der Waals surface area contributed by atoms with Crippen molar-refractivity contribution in [3.8, 4) is 5.69 Å². The van der Waals surface area contributed by atoms with Crippen molar-refractivity contribution >= 4 is 22.8 Å². The maximum atomic E-state index is 12.7. The standard InChI is InChI=1S/C16H16FN3OS/c1-22-16-19-14-13(8-10-18-14)15(21)20(16)12-6-4-11(5-7-12)3-2-9-17/h4-8,10,18H,2-3,9H2,1H3. The van der Waals surface area contributed by atoms with E-state index in [0.717, 1.165) is 11.3 Å². The molecule has 4 nitrogen and oxygen atoms in total. The van der Waals surface area contributed by atoms with Crippen LogP contribution in [-0.4, -0.2) is 27.5 Å². The average Bonchev–Trinajstić information content (AvgIpc) is 3.02. The van der Waals surface area contributed by atoms with E-state index in [0.29, 0.717) is 29.0 Å². The van der Waals surface area contributed by atoms with E-state index in [2.05, 4.69) is 9.97 Å². The molecule has 0 saturated heterocycles. The molecule has 0 radical (unpaired) electrons. The number of aryl methyl sites for hydroxylation is 1. The normalized spacial score (nSPS) is 11.2. The molecule has 0 aliphatic rings. The SMILES string of the molecule is CSc1nc2[nH]ccc2c(=O)n1-c1ccc(CCCF)cc1. The summed E-state index contributed by atoms with van der Waals surface area (Å²) in [5.41, 5.74) is 2.35. The zero-order valence-electron chi connectivity index (χ0n) is 12.2. The van der Waals surface area contributed by atoms with Crippen LogP contribution >= 0.6 is 11.8 Å². The minimum absolute atomic E-state index is 0.0906. The second kappa shape index (κ2) is 6.36. The van der Waals surface area contributed by atoms with Gasteiger partial charge in [0.1, 0.15) is 5.65 Å². The number of H-pyrrole nitrogens is 1. The topological polar surface area (TPSA) is 50.7 Å². The summed E-state index contributed by atoms with van der Waals surface area (Å²) < 4.78 is 13.8. The Bertz CT molecular complexity index is 839. The van der Waals surface area contributed by atoms with Crippen LogP contribution in [0.4, 0.5) is 4.39 Å². The molecular weight excluding hydrogens is 301 g/mol. The molecule has 3 rings (SSSR count). The second-order valence-electron chi connectivity index (χ2n) is 4.94. The number of benzene rings is 1. The summed E-state index contributed by atoms with van der Waals surface area (Å²) in [4.78, 5) is 20.1. The number of thioether (sulfide) groups is 1. The van der Waals surface area contributed by atoms with Gasteiger partial charge in [0.2, 0.25) is 0 Å². The van der Waals surface area contributed by atoms with Crippen molar-refractivity contribution in [2.24, 2.45) is 0 Å². The van der Waals surface area contributed by atoms with Crippen molar-refractivity contribution in [3.05, 3.63) is 52.4 Å². The summed E-state index contributed by atoms with van der Waals surface area (Å²) in [5, 5.41) is 1.20. The van der Waals surface area contributed by atoms with Crippen LogP contribution in [0.2, 0.25) is 0 Å². The lowest BCUT2D eigenvalue weighted by Crippen LogP contribution is -2.21. The van der Waals surface area contributed by atoms with E-state index in [1.807, 2.05) is 30.5 Å². The van der Waals surface area contributed by atoms with Crippen LogP contribution in [-0.2, 0) is 6.42 Å². The molecule has 2 aromatic heterocycles. The van der Waals surface area contributed by atoms with Crippen LogP contribution in [0, 0.1) is 0 Å². The lowest BCUT2D eigenvalue weighted by molar-refractivity contribution is 0.473. The summed E-state index contributed by atoms with van der Waals surface area (Å²) in [6.45, 7) is -0.314. The number of aromatic amines is 1. The Kier molecular flexibility index (Phi) is 4.29. The predicted molar refractivity (Wildman–Crippen MR) is 87.8 cm³/mol. The number of alkyl halides is 1. The molecule has 6 heteroatoms. The molecule has 0 amide bonds. The number of nitrogens with zero attached hydrogens (tertiary/aromatic N) is 2. The molecule has 0 atom stereocenters. The smallest absolute Gasteiger partial charge is 0.268 e. The Balaban J connectivity index is 2.08. The van der Waals surface area contributed by atoms with E-state index >= 15 is 0 Å².